The second-order valence-electron chi connectivity index (χ2n) is 4.18. The van der Waals surface area contributed by atoms with E-state index in [9.17, 15) is 18.4 Å². The van der Waals surface area contributed by atoms with E-state index in [0.29, 0.717) is 5.56 Å². The number of nitrogens with zero attached hydrogens (tertiary/aromatic N) is 1. The topological polar surface area (TPSA) is 70.6 Å². The van der Waals surface area contributed by atoms with E-state index >= 15 is 0 Å². The number of para-hydroxylation sites is 1. The van der Waals surface area contributed by atoms with E-state index in [1.54, 1.807) is 0 Å². The molecule has 2 N–H and O–H groups in total. The van der Waals surface area contributed by atoms with Crippen LogP contribution in [0.5, 0.6) is 0 Å². The van der Waals surface area contributed by atoms with Crippen LogP contribution in [0.1, 0.15) is 5.56 Å². The van der Waals surface area contributed by atoms with Crippen LogP contribution < -0.4 is 10.7 Å². The van der Waals surface area contributed by atoms with Crippen molar-refractivity contribution in [2.75, 3.05) is 5.32 Å². The number of anilines is 1. The first kappa shape index (κ1) is 15.3. The fourth-order valence-electron chi connectivity index (χ4n) is 1.51. The Morgan fingerprint density at radius 3 is 2.32 bits per heavy atom. The summed E-state index contributed by atoms with van der Waals surface area (Å²) in [5, 5.41) is 5.67. The van der Waals surface area contributed by atoms with E-state index in [2.05, 4.69) is 10.4 Å². The summed E-state index contributed by atoms with van der Waals surface area (Å²) in [4.78, 5) is 23.0. The van der Waals surface area contributed by atoms with Gasteiger partial charge >= 0.3 is 11.8 Å². The summed E-state index contributed by atoms with van der Waals surface area (Å²) in [5.74, 6) is -3.16. The van der Waals surface area contributed by atoms with Crippen LogP contribution in [0.4, 0.5) is 14.5 Å². The number of benzene rings is 2. The molecule has 2 aromatic rings. The Kier molecular flexibility index (Phi) is 4.92. The number of hydrazone groups is 1. The number of rotatable bonds is 3. The summed E-state index contributed by atoms with van der Waals surface area (Å²) in [6.45, 7) is 0. The van der Waals surface area contributed by atoms with Crippen LogP contribution in [0.25, 0.3) is 0 Å². The minimum absolute atomic E-state index is 0.106. The summed E-state index contributed by atoms with van der Waals surface area (Å²) >= 11 is 0. The third-order valence-electron chi connectivity index (χ3n) is 2.58. The molecule has 7 heteroatoms. The molecule has 0 spiro atoms. The van der Waals surface area contributed by atoms with E-state index in [1.165, 1.54) is 48.7 Å². The van der Waals surface area contributed by atoms with Gasteiger partial charge in [0.15, 0.2) is 0 Å². The van der Waals surface area contributed by atoms with Gasteiger partial charge in [-0.05, 0) is 29.8 Å². The smallest absolute Gasteiger partial charge is 0.315 e. The highest BCUT2D eigenvalue weighted by Gasteiger charge is 2.14. The highest BCUT2D eigenvalue weighted by Crippen LogP contribution is 2.11. The van der Waals surface area contributed by atoms with Gasteiger partial charge in [-0.3, -0.25) is 9.59 Å². The van der Waals surface area contributed by atoms with Crippen molar-refractivity contribution >= 4 is 23.7 Å². The maximum absolute atomic E-state index is 13.3. The zero-order chi connectivity index (χ0) is 15.9. The van der Waals surface area contributed by atoms with Gasteiger partial charge in [-0.15, -0.1) is 0 Å². The molecule has 0 aliphatic heterocycles. The van der Waals surface area contributed by atoms with Gasteiger partial charge in [0.25, 0.3) is 0 Å². The van der Waals surface area contributed by atoms with Crippen LogP contribution in [0.2, 0.25) is 0 Å². The first-order valence-corrected chi connectivity index (χ1v) is 6.21. The van der Waals surface area contributed by atoms with E-state index in [4.69, 9.17) is 0 Å². The molecule has 22 heavy (non-hydrogen) atoms. The Morgan fingerprint density at radius 1 is 0.955 bits per heavy atom. The van der Waals surface area contributed by atoms with Crippen LogP contribution in [0, 0.1) is 11.6 Å². The Hall–Kier alpha value is -3.09. The van der Waals surface area contributed by atoms with E-state index in [1.807, 2.05) is 5.43 Å². The van der Waals surface area contributed by atoms with Gasteiger partial charge in [-0.1, -0.05) is 24.3 Å². The lowest BCUT2D eigenvalue weighted by atomic mass is 10.2. The van der Waals surface area contributed by atoms with Crippen molar-refractivity contribution in [3.8, 4) is 0 Å². The Morgan fingerprint density at radius 2 is 1.64 bits per heavy atom. The summed E-state index contributed by atoms with van der Waals surface area (Å²) in [6, 6.07) is 10.8. The molecular weight excluding hydrogens is 292 g/mol. The van der Waals surface area contributed by atoms with Crippen LogP contribution in [-0.4, -0.2) is 18.0 Å². The maximum Gasteiger partial charge on any atom is 0.329 e. The lowest BCUT2D eigenvalue weighted by Gasteiger charge is -2.04. The molecule has 2 rings (SSSR count). The molecule has 0 fully saturated rings. The number of hydrogen-bond acceptors (Lipinski definition) is 3. The molecule has 2 aromatic carbocycles. The maximum atomic E-state index is 13.3. The van der Waals surface area contributed by atoms with Crippen molar-refractivity contribution in [2.24, 2.45) is 5.10 Å². The molecule has 0 aromatic heterocycles. The summed E-state index contributed by atoms with van der Waals surface area (Å²) in [6.07, 6.45) is 1.24. The predicted molar refractivity (Wildman–Crippen MR) is 77.2 cm³/mol. The number of amides is 2. The second-order valence-corrected chi connectivity index (χ2v) is 4.18. The van der Waals surface area contributed by atoms with E-state index in [-0.39, 0.29) is 5.69 Å². The van der Waals surface area contributed by atoms with Gasteiger partial charge in [0.1, 0.15) is 11.6 Å². The van der Waals surface area contributed by atoms with Crippen molar-refractivity contribution in [3.05, 3.63) is 65.7 Å². The molecule has 2 amide bonds. The van der Waals surface area contributed by atoms with Crippen LogP contribution in [0.3, 0.4) is 0 Å². The zero-order valence-corrected chi connectivity index (χ0v) is 11.2. The van der Waals surface area contributed by atoms with E-state index < -0.39 is 23.4 Å². The van der Waals surface area contributed by atoms with Crippen molar-refractivity contribution in [1.29, 1.82) is 0 Å². The first-order chi connectivity index (χ1) is 10.6. The van der Waals surface area contributed by atoms with Gasteiger partial charge in [0.2, 0.25) is 0 Å². The second kappa shape index (κ2) is 7.07. The fourth-order valence-corrected chi connectivity index (χ4v) is 1.51. The van der Waals surface area contributed by atoms with Crippen LogP contribution in [-0.2, 0) is 9.59 Å². The van der Waals surface area contributed by atoms with Gasteiger partial charge in [0, 0.05) is 0 Å². The molecule has 0 aliphatic carbocycles. The third kappa shape index (κ3) is 4.20. The molecule has 0 radical (unpaired) electrons. The predicted octanol–water partition coefficient (Wildman–Crippen LogP) is 2.05. The minimum atomic E-state index is -1.05. The Balaban J connectivity index is 1.90. The lowest BCUT2D eigenvalue weighted by Crippen LogP contribution is -2.32. The van der Waals surface area contributed by atoms with Gasteiger partial charge in [0.05, 0.1) is 11.9 Å². The third-order valence-corrected chi connectivity index (χ3v) is 2.58. The first-order valence-electron chi connectivity index (χ1n) is 6.21. The Bertz CT molecular complexity index is 715. The molecule has 0 unspecified atom stereocenters. The van der Waals surface area contributed by atoms with Gasteiger partial charge in [-0.2, -0.15) is 5.10 Å². The molecular formula is C15H11F2N3O2. The SMILES string of the molecule is O=C(NN=Cc1ccc(F)cc1)C(=O)Nc1ccccc1F. The number of carbonyl (C=O) groups excluding carboxylic acids is 2. The van der Waals surface area contributed by atoms with Crippen molar-refractivity contribution in [1.82, 2.24) is 5.43 Å². The standard InChI is InChI=1S/C15H11F2N3O2/c16-11-7-5-10(6-8-11)9-18-20-15(22)14(21)19-13-4-2-1-3-12(13)17/h1-9H,(H,19,21)(H,20,22). The fraction of sp³-hybridized carbons (Fsp3) is 0. The molecule has 0 bridgehead atoms. The lowest BCUT2D eigenvalue weighted by molar-refractivity contribution is -0.136. The normalized spacial score (nSPS) is 10.5. The molecule has 0 saturated carbocycles. The highest BCUT2D eigenvalue weighted by atomic mass is 19.1. The monoisotopic (exact) mass is 303 g/mol. The molecule has 0 heterocycles. The Labute approximate surface area is 124 Å². The number of halogens is 2. The van der Waals surface area contributed by atoms with E-state index in [0.717, 1.165) is 6.07 Å². The summed E-state index contributed by atoms with van der Waals surface area (Å²) in [7, 11) is 0. The van der Waals surface area contributed by atoms with Crippen molar-refractivity contribution < 1.29 is 18.4 Å². The molecule has 0 atom stereocenters. The number of hydrogen-bond donors (Lipinski definition) is 2. The average molecular weight is 303 g/mol. The highest BCUT2D eigenvalue weighted by molar-refractivity contribution is 6.39. The summed E-state index contributed by atoms with van der Waals surface area (Å²) in [5.41, 5.74) is 2.42. The van der Waals surface area contributed by atoms with Crippen molar-refractivity contribution in [2.45, 2.75) is 0 Å². The van der Waals surface area contributed by atoms with Gasteiger partial charge < -0.3 is 5.32 Å². The largest absolute Gasteiger partial charge is 0.329 e. The quantitative estimate of drug-likeness (QED) is 0.517. The molecule has 0 saturated heterocycles. The van der Waals surface area contributed by atoms with Crippen molar-refractivity contribution in [3.63, 3.8) is 0 Å². The summed E-state index contributed by atoms with van der Waals surface area (Å²) < 4.78 is 26.0. The molecule has 5 nitrogen and oxygen atoms in total. The number of carbonyl (C=O) groups is 2. The van der Waals surface area contributed by atoms with Crippen LogP contribution in [0.15, 0.2) is 53.6 Å². The average Bonchev–Trinajstić information content (AvgIpc) is 2.51. The minimum Gasteiger partial charge on any atom is -0.315 e. The molecule has 0 aliphatic rings. The number of nitrogens with one attached hydrogen (secondary N) is 2. The van der Waals surface area contributed by atoms with Gasteiger partial charge in [-0.25, -0.2) is 14.2 Å². The van der Waals surface area contributed by atoms with Crippen LogP contribution >= 0.6 is 0 Å². The zero-order valence-electron chi connectivity index (χ0n) is 11.2. The molecule has 112 valence electrons.